The average Bonchev–Trinajstić information content (AvgIpc) is 2.57. The van der Waals surface area contributed by atoms with Crippen LogP contribution in [-0.4, -0.2) is 15.6 Å². The van der Waals surface area contributed by atoms with Gasteiger partial charge in [0.2, 0.25) is 0 Å². The molecule has 1 N–H and O–H groups in total. The fraction of sp³-hybridized carbons (Fsp3) is 0.308. The molecular weight excluding hydrogens is 202 g/mol. The maximum absolute atomic E-state index is 11.3. The second-order valence-electron chi connectivity index (χ2n) is 4.60. The molecule has 0 aliphatic carbocycles. The summed E-state index contributed by atoms with van der Waals surface area (Å²) in [5, 5.41) is 10.3. The Balaban J connectivity index is 2.75. The van der Waals surface area contributed by atoms with Gasteiger partial charge in [0.25, 0.3) is 0 Å². The van der Waals surface area contributed by atoms with Crippen molar-refractivity contribution in [2.24, 2.45) is 7.05 Å². The second-order valence-corrected chi connectivity index (χ2v) is 4.60. The maximum atomic E-state index is 11.3. The van der Waals surface area contributed by atoms with Crippen LogP contribution in [0.1, 0.15) is 19.4 Å². The van der Waals surface area contributed by atoms with Crippen molar-refractivity contribution in [3.05, 3.63) is 36.0 Å². The molecule has 2 rings (SSSR count). The third-order valence-electron chi connectivity index (χ3n) is 3.10. The lowest BCUT2D eigenvalue weighted by molar-refractivity contribution is -0.142. The van der Waals surface area contributed by atoms with Crippen molar-refractivity contribution in [3.63, 3.8) is 0 Å². The molecule has 1 aromatic heterocycles. The zero-order chi connectivity index (χ0) is 11.9. The summed E-state index contributed by atoms with van der Waals surface area (Å²) in [6.45, 7) is 3.47. The van der Waals surface area contributed by atoms with Gasteiger partial charge >= 0.3 is 5.97 Å². The van der Waals surface area contributed by atoms with E-state index in [4.69, 9.17) is 0 Å². The van der Waals surface area contributed by atoms with E-state index in [-0.39, 0.29) is 0 Å². The molecular formula is C13H15NO2. The lowest BCUT2D eigenvalue weighted by Gasteiger charge is -2.18. The van der Waals surface area contributed by atoms with Crippen LogP contribution in [0, 0.1) is 0 Å². The van der Waals surface area contributed by atoms with E-state index in [0.29, 0.717) is 0 Å². The number of aromatic nitrogens is 1. The number of hydrogen-bond acceptors (Lipinski definition) is 1. The Hall–Kier alpha value is -1.77. The number of hydrogen-bond donors (Lipinski definition) is 1. The van der Waals surface area contributed by atoms with Crippen molar-refractivity contribution in [1.82, 2.24) is 4.57 Å². The van der Waals surface area contributed by atoms with Crippen LogP contribution >= 0.6 is 0 Å². The van der Waals surface area contributed by atoms with E-state index in [1.807, 2.05) is 42.1 Å². The number of carboxylic acids is 1. The van der Waals surface area contributed by atoms with Crippen LogP contribution < -0.4 is 0 Å². The molecule has 0 saturated carbocycles. The van der Waals surface area contributed by atoms with Gasteiger partial charge in [0, 0.05) is 24.1 Å². The molecule has 84 valence electrons. The van der Waals surface area contributed by atoms with Crippen LogP contribution in [0.5, 0.6) is 0 Å². The summed E-state index contributed by atoms with van der Waals surface area (Å²) in [7, 11) is 1.93. The largest absolute Gasteiger partial charge is 0.481 e. The van der Waals surface area contributed by atoms with E-state index in [2.05, 4.69) is 0 Å². The summed E-state index contributed by atoms with van der Waals surface area (Å²) in [6, 6.07) is 7.86. The Morgan fingerprint density at radius 2 is 1.94 bits per heavy atom. The minimum atomic E-state index is -0.860. The Morgan fingerprint density at radius 3 is 2.56 bits per heavy atom. The van der Waals surface area contributed by atoms with Crippen LogP contribution in [0.4, 0.5) is 0 Å². The molecule has 3 heteroatoms. The van der Waals surface area contributed by atoms with Gasteiger partial charge in [0.15, 0.2) is 0 Å². The highest BCUT2D eigenvalue weighted by molar-refractivity contribution is 5.91. The smallest absolute Gasteiger partial charge is 0.313 e. The number of nitrogens with zero attached hydrogens (tertiary/aromatic N) is 1. The van der Waals surface area contributed by atoms with E-state index < -0.39 is 11.4 Å². The Bertz CT molecular complexity index is 552. The van der Waals surface area contributed by atoms with Gasteiger partial charge in [0.1, 0.15) is 0 Å². The Morgan fingerprint density at radius 1 is 1.31 bits per heavy atom. The number of carboxylic acid groups (broad SMARTS) is 1. The van der Waals surface area contributed by atoms with Gasteiger partial charge in [0.05, 0.1) is 5.41 Å². The number of benzene rings is 1. The predicted octanol–water partition coefficient (Wildman–Crippen LogP) is 2.54. The zero-order valence-corrected chi connectivity index (χ0v) is 9.69. The number of fused-ring (bicyclic) bond motifs is 1. The molecule has 0 radical (unpaired) electrons. The number of aryl methyl sites for hydroxylation is 1. The summed E-state index contributed by atoms with van der Waals surface area (Å²) in [5.41, 5.74) is 1.06. The standard InChI is InChI=1S/C13H15NO2/c1-13(2,12(15)16)10-8-14(3)11-7-5-4-6-9(10)11/h4-8H,1-3H3,(H,15,16). The van der Waals surface area contributed by atoms with Gasteiger partial charge in [-0.2, -0.15) is 0 Å². The lowest BCUT2D eigenvalue weighted by Crippen LogP contribution is -2.28. The molecule has 0 aliphatic heterocycles. The highest BCUT2D eigenvalue weighted by atomic mass is 16.4. The molecule has 1 aromatic carbocycles. The first kappa shape index (κ1) is 10.7. The molecule has 0 amide bonds. The number of rotatable bonds is 2. The van der Waals surface area contributed by atoms with Gasteiger partial charge in [-0.15, -0.1) is 0 Å². The molecule has 0 bridgehead atoms. The molecule has 2 aromatic rings. The Labute approximate surface area is 94.3 Å². The normalized spacial score (nSPS) is 11.9. The van der Waals surface area contributed by atoms with Crippen molar-refractivity contribution >= 4 is 16.9 Å². The minimum absolute atomic E-state index is 0.802. The molecule has 0 spiro atoms. The molecule has 0 fully saturated rings. The van der Waals surface area contributed by atoms with Gasteiger partial charge in [-0.3, -0.25) is 4.79 Å². The van der Waals surface area contributed by atoms with Crippen LogP contribution in [0.3, 0.4) is 0 Å². The summed E-state index contributed by atoms with van der Waals surface area (Å²) < 4.78 is 1.97. The van der Waals surface area contributed by atoms with Gasteiger partial charge in [-0.1, -0.05) is 18.2 Å². The van der Waals surface area contributed by atoms with Crippen molar-refractivity contribution in [2.45, 2.75) is 19.3 Å². The fourth-order valence-electron chi connectivity index (χ4n) is 1.95. The second kappa shape index (κ2) is 3.37. The van der Waals surface area contributed by atoms with E-state index in [1.54, 1.807) is 13.8 Å². The van der Waals surface area contributed by atoms with Crippen molar-refractivity contribution in [1.29, 1.82) is 0 Å². The van der Waals surface area contributed by atoms with E-state index in [1.165, 1.54) is 0 Å². The average molecular weight is 217 g/mol. The van der Waals surface area contributed by atoms with Crippen molar-refractivity contribution < 1.29 is 9.90 Å². The first-order chi connectivity index (χ1) is 7.44. The maximum Gasteiger partial charge on any atom is 0.313 e. The van der Waals surface area contributed by atoms with E-state index in [9.17, 15) is 9.90 Å². The Kier molecular flexibility index (Phi) is 2.26. The van der Waals surface area contributed by atoms with E-state index in [0.717, 1.165) is 16.5 Å². The van der Waals surface area contributed by atoms with Crippen LogP contribution in [0.2, 0.25) is 0 Å². The quantitative estimate of drug-likeness (QED) is 0.840. The number of carbonyl (C=O) groups is 1. The van der Waals surface area contributed by atoms with Crippen LogP contribution in [0.25, 0.3) is 10.9 Å². The summed E-state index contributed by atoms with van der Waals surface area (Å²) in [4.78, 5) is 11.3. The van der Waals surface area contributed by atoms with Crippen LogP contribution in [-0.2, 0) is 17.3 Å². The van der Waals surface area contributed by atoms with Crippen LogP contribution in [0.15, 0.2) is 30.5 Å². The first-order valence-corrected chi connectivity index (χ1v) is 5.22. The minimum Gasteiger partial charge on any atom is -0.481 e. The molecule has 16 heavy (non-hydrogen) atoms. The summed E-state index contributed by atoms with van der Waals surface area (Å²) >= 11 is 0. The third-order valence-corrected chi connectivity index (χ3v) is 3.10. The van der Waals surface area contributed by atoms with Crippen molar-refractivity contribution in [2.75, 3.05) is 0 Å². The third kappa shape index (κ3) is 1.40. The van der Waals surface area contributed by atoms with Crippen molar-refractivity contribution in [3.8, 4) is 0 Å². The SMILES string of the molecule is Cn1cc(C(C)(C)C(=O)O)c2ccccc21. The lowest BCUT2D eigenvalue weighted by atomic mass is 9.85. The first-order valence-electron chi connectivity index (χ1n) is 5.22. The van der Waals surface area contributed by atoms with E-state index >= 15 is 0 Å². The van der Waals surface area contributed by atoms with Gasteiger partial charge < -0.3 is 9.67 Å². The highest BCUT2D eigenvalue weighted by Crippen LogP contribution is 2.31. The van der Waals surface area contributed by atoms with Gasteiger partial charge in [-0.05, 0) is 25.5 Å². The monoisotopic (exact) mass is 217 g/mol. The predicted molar refractivity (Wildman–Crippen MR) is 63.6 cm³/mol. The molecule has 0 unspecified atom stereocenters. The number of aliphatic carboxylic acids is 1. The molecule has 1 heterocycles. The summed E-state index contributed by atoms with van der Waals surface area (Å²) in [5.74, 6) is -0.802. The van der Waals surface area contributed by atoms with Gasteiger partial charge in [-0.25, -0.2) is 0 Å². The number of para-hydroxylation sites is 1. The topological polar surface area (TPSA) is 42.2 Å². The molecule has 0 atom stereocenters. The molecule has 3 nitrogen and oxygen atoms in total. The highest BCUT2D eigenvalue weighted by Gasteiger charge is 2.32. The molecule has 0 saturated heterocycles. The molecule has 0 aliphatic rings. The zero-order valence-electron chi connectivity index (χ0n) is 9.69. The summed E-state index contributed by atoms with van der Waals surface area (Å²) in [6.07, 6.45) is 1.90. The fourth-order valence-corrected chi connectivity index (χ4v) is 1.95.